The maximum absolute atomic E-state index is 12.6. The van der Waals surface area contributed by atoms with E-state index in [1.807, 2.05) is 5.38 Å². The summed E-state index contributed by atoms with van der Waals surface area (Å²) in [5, 5.41) is 5.95. The molecule has 1 aromatic heterocycles. The smallest absolute Gasteiger partial charge is 0.355 e. The van der Waals surface area contributed by atoms with Crippen molar-refractivity contribution in [3.63, 3.8) is 0 Å². The quantitative estimate of drug-likeness (QED) is 0.577. The van der Waals surface area contributed by atoms with Gasteiger partial charge in [0.15, 0.2) is 0 Å². The monoisotopic (exact) mass is 424 g/mol. The van der Waals surface area contributed by atoms with E-state index in [2.05, 4.69) is 10.3 Å². The van der Waals surface area contributed by atoms with Gasteiger partial charge in [0, 0.05) is 28.9 Å². The van der Waals surface area contributed by atoms with Crippen LogP contribution in [0.15, 0.2) is 53.9 Å². The molecule has 0 aliphatic heterocycles. The number of hydrogen-bond acceptors (Lipinski definition) is 3. The largest absolute Gasteiger partial charge is 0.416 e. The summed E-state index contributed by atoms with van der Waals surface area (Å²) >= 11 is 7.18. The highest BCUT2D eigenvalue weighted by Crippen LogP contribution is 2.31. The van der Waals surface area contributed by atoms with Crippen LogP contribution in [-0.4, -0.2) is 17.4 Å². The summed E-state index contributed by atoms with van der Waals surface area (Å²) in [6.45, 7) is 0.433. The van der Waals surface area contributed by atoms with E-state index in [4.69, 9.17) is 11.6 Å². The second-order valence-corrected chi connectivity index (χ2v) is 7.42. The van der Waals surface area contributed by atoms with Crippen LogP contribution < -0.4 is 5.32 Å². The highest BCUT2D eigenvalue weighted by molar-refractivity contribution is 7.13. The Kier molecular flexibility index (Phi) is 6.36. The summed E-state index contributed by atoms with van der Waals surface area (Å²) in [6.07, 6.45) is -3.54. The number of carbonyl (C=O) groups excluding carboxylic acids is 1. The number of nitrogens with zero attached hydrogens (tertiary/aromatic N) is 1. The van der Waals surface area contributed by atoms with Crippen molar-refractivity contribution in [2.75, 3.05) is 6.54 Å². The van der Waals surface area contributed by atoms with Crippen LogP contribution in [0.3, 0.4) is 0 Å². The Morgan fingerprint density at radius 1 is 1.07 bits per heavy atom. The number of halogens is 4. The molecule has 0 aliphatic rings. The molecular formula is C20H16ClF3N2OS. The summed E-state index contributed by atoms with van der Waals surface area (Å²) in [4.78, 5) is 16.4. The number of alkyl halides is 3. The number of rotatable bonds is 6. The van der Waals surface area contributed by atoms with Crippen molar-refractivity contribution in [2.45, 2.75) is 19.0 Å². The first-order valence-electron chi connectivity index (χ1n) is 8.44. The fourth-order valence-corrected chi connectivity index (χ4v) is 3.52. The van der Waals surface area contributed by atoms with E-state index in [0.29, 0.717) is 28.6 Å². The molecule has 0 radical (unpaired) electrons. The second kappa shape index (κ2) is 8.75. The second-order valence-electron chi connectivity index (χ2n) is 6.12. The molecule has 1 N–H and O–H groups in total. The number of amides is 1. The van der Waals surface area contributed by atoms with E-state index in [-0.39, 0.29) is 12.3 Å². The normalized spacial score (nSPS) is 11.4. The lowest BCUT2D eigenvalue weighted by Gasteiger charge is -2.06. The van der Waals surface area contributed by atoms with E-state index in [9.17, 15) is 18.0 Å². The van der Waals surface area contributed by atoms with Crippen LogP contribution in [0.1, 0.15) is 16.8 Å². The van der Waals surface area contributed by atoms with Crippen molar-refractivity contribution in [3.05, 3.63) is 75.8 Å². The predicted octanol–water partition coefficient (Wildman–Crippen LogP) is 5.38. The van der Waals surface area contributed by atoms with Gasteiger partial charge in [-0.25, -0.2) is 4.98 Å². The van der Waals surface area contributed by atoms with Crippen molar-refractivity contribution in [3.8, 4) is 10.6 Å². The SMILES string of the molecule is O=C(Cc1ccc(Cl)cc1)NCCc1csc(-c2ccc(C(F)(F)F)cc2)n1. The first-order valence-corrected chi connectivity index (χ1v) is 9.70. The van der Waals surface area contributed by atoms with Crippen LogP contribution in [0.25, 0.3) is 10.6 Å². The minimum atomic E-state index is -4.35. The molecule has 0 atom stereocenters. The average molecular weight is 425 g/mol. The van der Waals surface area contributed by atoms with Crippen molar-refractivity contribution < 1.29 is 18.0 Å². The van der Waals surface area contributed by atoms with E-state index >= 15 is 0 Å². The van der Waals surface area contributed by atoms with Gasteiger partial charge in [0.1, 0.15) is 5.01 Å². The van der Waals surface area contributed by atoms with Crippen molar-refractivity contribution >= 4 is 28.8 Å². The van der Waals surface area contributed by atoms with Gasteiger partial charge in [-0.2, -0.15) is 13.2 Å². The Morgan fingerprint density at radius 3 is 2.39 bits per heavy atom. The molecule has 0 saturated heterocycles. The molecule has 3 nitrogen and oxygen atoms in total. The zero-order valence-corrected chi connectivity index (χ0v) is 16.2. The minimum absolute atomic E-state index is 0.0967. The van der Waals surface area contributed by atoms with Gasteiger partial charge < -0.3 is 5.32 Å². The molecule has 1 heterocycles. The first kappa shape index (κ1) is 20.4. The zero-order valence-electron chi connectivity index (χ0n) is 14.6. The van der Waals surface area contributed by atoms with Gasteiger partial charge in [0.2, 0.25) is 5.91 Å². The number of benzene rings is 2. The van der Waals surface area contributed by atoms with Gasteiger partial charge in [-0.05, 0) is 29.8 Å². The fourth-order valence-electron chi connectivity index (χ4n) is 2.54. The molecule has 3 rings (SSSR count). The summed E-state index contributed by atoms with van der Waals surface area (Å²) in [5.74, 6) is -0.0967. The minimum Gasteiger partial charge on any atom is -0.355 e. The Labute approximate surface area is 169 Å². The summed E-state index contributed by atoms with van der Waals surface area (Å²) in [5.41, 5.74) is 1.61. The van der Waals surface area contributed by atoms with Crippen LogP contribution in [0.5, 0.6) is 0 Å². The number of hydrogen-bond donors (Lipinski definition) is 1. The lowest BCUT2D eigenvalue weighted by molar-refractivity contribution is -0.137. The average Bonchev–Trinajstić information content (AvgIpc) is 3.12. The molecule has 3 aromatic rings. The predicted molar refractivity (Wildman–Crippen MR) is 104 cm³/mol. The number of nitrogens with one attached hydrogen (secondary N) is 1. The summed E-state index contributed by atoms with van der Waals surface area (Å²) in [7, 11) is 0. The number of aromatic nitrogens is 1. The lowest BCUT2D eigenvalue weighted by Crippen LogP contribution is -2.27. The maximum Gasteiger partial charge on any atom is 0.416 e. The molecular weight excluding hydrogens is 409 g/mol. The van der Waals surface area contributed by atoms with Gasteiger partial charge in [0.25, 0.3) is 0 Å². The van der Waals surface area contributed by atoms with Gasteiger partial charge in [0.05, 0.1) is 17.7 Å². The third-order valence-corrected chi connectivity index (χ3v) is 5.18. The summed E-state index contributed by atoms with van der Waals surface area (Å²) < 4.78 is 37.9. The maximum atomic E-state index is 12.6. The molecule has 0 spiro atoms. The van der Waals surface area contributed by atoms with Crippen molar-refractivity contribution in [1.29, 1.82) is 0 Å². The van der Waals surface area contributed by atoms with Crippen LogP contribution >= 0.6 is 22.9 Å². The van der Waals surface area contributed by atoms with E-state index < -0.39 is 11.7 Å². The van der Waals surface area contributed by atoms with Gasteiger partial charge >= 0.3 is 6.18 Å². The first-order chi connectivity index (χ1) is 13.3. The zero-order chi connectivity index (χ0) is 20.1. The summed E-state index contributed by atoms with van der Waals surface area (Å²) in [6, 6.07) is 12.0. The van der Waals surface area contributed by atoms with Crippen LogP contribution in [0.2, 0.25) is 5.02 Å². The van der Waals surface area contributed by atoms with E-state index in [1.54, 1.807) is 24.3 Å². The fraction of sp³-hybridized carbons (Fsp3) is 0.200. The van der Waals surface area contributed by atoms with Crippen molar-refractivity contribution in [1.82, 2.24) is 10.3 Å². The molecule has 0 fully saturated rings. The molecule has 2 aromatic carbocycles. The lowest BCUT2D eigenvalue weighted by atomic mass is 10.1. The molecule has 0 unspecified atom stereocenters. The van der Waals surface area contributed by atoms with E-state index in [0.717, 1.165) is 23.4 Å². The van der Waals surface area contributed by atoms with Crippen LogP contribution in [0.4, 0.5) is 13.2 Å². The molecule has 0 saturated carbocycles. The molecule has 8 heteroatoms. The number of carbonyl (C=O) groups is 1. The molecule has 0 bridgehead atoms. The Morgan fingerprint density at radius 2 is 1.75 bits per heavy atom. The van der Waals surface area contributed by atoms with Crippen molar-refractivity contribution in [2.24, 2.45) is 0 Å². The molecule has 28 heavy (non-hydrogen) atoms. The Balaban J connectivity index is 1.50. The van der Waals surface area contributed by atoms with Gasteiger partial charge in [-0.1, -0.05) is 35.9 Å². The van der Waals surface area contributed by atoms with Gasteiger partial charge in [-0.15, -0.1) is 11.3 Å². The van der Waals surface area contributed by atoms with Crippen LogP contribution in [0, 0.1) is 0 Å². The number of thiazole rings is 1. The third kappa shape index (κ3) is 5.56. The Bertz CT molecular complexity index is 937. The molecule has 0 aliphatic carbocycles. The van der Waals surface area contributed by atoms with Crippen LogP contribution in [-0.2, 0) is 23.8 Å². The standard InChI is InChI=1S/C20H16ClF3N2OS/c21-16-7-1-13(2-8-16)11-18(27)25-10-9-17-12-28-19(26-17)14-3-5-15(6-4-14)20(22,23)24/h1-8,12H,9-11H2,(H,25,27). The van der Waals surface area contributed by atoms with Gasteiger partial charge in [-0.3, -0.25) is 4.79 Å². The Hall–Kier alpha value is -2.38. The third-order valence-electron chi connectivity index (χ3n) is 3.99. The van der Waals surface area contributed by atoms with E-state index in [1.165, 1.54) is 23.5 Å². The molecule has 146 valence electrons. The topological polar surface area (TPSA) is 42.0 Å². The molecule has 1 amide bonds. The highest BCUT2D eigenvalue weighted by Gasteiger charge is 2.30. The highest BCUT2D eigenvalue weighted by atomic mass is 35.5.